The van der Waals surface area contributed by atoms with Gasteiger partial charge in [-0.1, -0.05) is 43.3 Å². The highest BCUT2D eigenvalue weighted by Gasteiger charge is 2.14. The van der Waals surface area contributed by atoms with Gasteiger partial charge in [-0.15, -0.1) is 0 Å². The molecule has 124 valence electrons. The van der Waals surface area contributed by atoms with Gasteiger partial charge in [0.15, 0.2) is 0 Å². The maximum absolute atomic E-state index is 8.87. The number of piperidine rings is 1. The van der Waals surface area contributed by atoms with Gasteiger partial charge in [0.05, 0.1) is 11.6 Å². The van der Waals surface area contributed by atoms with Gasteiger partial charge in [-0.05, 0) is 80.1 Å². The van der Waals surface area contributed by atoms with E-state index in [9.17, 15) is 0 Å². The molecule has 0 atom stereocenters. The van der Waals surface area contributed by atoms with Crippen molar-refractivity contribution < 1.29 is 0 Å². The van der Waals surface area contributed by atoms with Crippen molar-refractivity contribution in [1.82, 2.24) is 4.90 Å². The van der Waals surface area contributed by atoms with E-state index in [1.807, 2.05) is 24.3 Å². The molecule has 1 aliphatic rings. The van der Waals surface area contributed by atoms with Crippen LogP contribution in [-0.4, -0.2) is 24.5 Å². The number of aryl methyl sites for hydroxylation is 1. The molecule has 2 aromatic rings. The first-order valence-electron chi connectivity index (χ1n) is 9.06. The monoisotopic (exact) mass is 318 g/mol. The summed E-state index contributed by atoms with van der Waals surface area (Å²) < 4.78 is 0. The number of hydrogen-bond donors (Lipinski definition) is 0. The first-order valence-corrected chi connectivity index (χ1v) is 9.06. The molecule has 2 aromatic carbocycles. The van der Waals surface area contributed by atoms with Crippen molar-refractivity contribution in [3.63, 3.8) is 0 Å². The highest BCUT2D eigenvalue weighted by atomic mass is 15.1. The van der Waals surface area contributed by atoms with E-state index in [-0.39, 0.29) is 0 Å². The van der Waals surface area contributed by atoms with E-state index in [1.165, 1.54) is 55.6 Å². The fraction of sp³-hybridized carbons (Fsp3) is 0.409. The number of benzene rings is 2. The molecule has 3 rings (SSSR count). The van der Waals surface area contributed by atoms with Crippen LogP contribution < -0.4 is 0 Å². The third kappa shape index (κ3) is 4.46. The van der Waals surface area contributed by atoms with Crippen LogP contribution in [0.4, 0.5) is 0 Å². The molecule has 24 heavy (non-hydrogen) atoms. The van der Waals surface area contributed by atoms with Gasteiger partial charge in [0.2, 0.25) is 0 Å². The van der Waals surface area contributed by atoms with Gasteiger partial charge in [0.25, 0.3) is 0 Å². The predicted molar refractivity (Wildman–Crippen MR) is 99.8 cm³/mol. The first kappa shape index (κ1) is 16.7. The second-order valence-corrected chi connectivity index (χ2v) is 7.01. The lowest BCUT2D eigenvalue weighted by Crippen LogP contribution is -2.33. The molecule has 1 fully saturated rings. The van der Waals surface area contributed by atoms with Crippen molar-refractivity contribution in [2.24, 2.45) is 5.92 Å². The maximum atomic E-state index is 8.87. The molecule has 0 spiro atoms. The third-order valence-electron chi connectivity index (χ3n) is 5.12. The van der Waals surface area contributed by atoms with E-state index in [0.29, 0.717) is 5.56 Å². The van der Waals surface area contributed by atoms with Gasteiger partial charge in [-0.25, -0.2) is 0 Å². The molecule has 1 saturated heterocycles. The molecule has 0 saturated carbocycles. The van der Waals surface area contributed by atoms with Crippen LogP contribution in [0, 0.1) is 17.2 Å². The summed E-state index contributed by atoms with van der Waals surface area (Å²) in [5.41, 5.74) is 4.51. The fourth-order valence-electron chi connectivity index (χ4n) is 3.39. The summed E-state index contributed by atoms with van der Waals surface area (Å²) in [5.74, 6) is 0.913. The Kier molecular flexibility index (Phi) is 5.67. The number of likely N-dealkylation sites (tertiary alicyclic amines) is 1. The normalized spacial score (nSPS) is 16.0. The average Bonchev–Trinajstić information content (AvgIpc) is 2.64. The van der Waals surface area contributed by atoms with E-state index in [0.717, 1.165) is 12.3 Å². The van der Waals surface area contributed by atoms with E-state index in [2.05, 4.69) is 42.2 Å². The number of nitrogens with zero attached hydrogens (tertiary/aromatic N) is 2. The van der Waals surface area contributed by atoms with Gasteiger partial charge in [0, 0.05) is 0 Å². The van der Waals surface area contributed by atoms with Crippen LogP contribution in [0.3, 0.4) is 0 Å². The zero-order valence-corrected chi connectivity index (χ0v) is 14.5. The Bertz CT molecular complexity index is 671. The predicted octanol–water partition coefficient (Wildman–Crippen LogP) is 4.89. The summed E-state index contributed by atoms with van der Waals surface area (Å²) >= 11 is 0. The SMILES string of the molecule is CC1CCN(CCCc2ccc(-c3ccc(C#N)cc3)cc2)CC1. The fourth-order valence-corrected chi connectivity index (χ4v) is 3.39. The molecule has 0 amide bonds. The molecule has 0 aliphatic carbocycles. The molecule has 0 unspecified atom stereocenters. The molecule has 0 bridgehead atoms. The van der Waals surface area contributed by atoms with Gasteiger partial charge in [-0.2, -0.15) is 5.26 Å². The van der Waals surface area contributed by atoms with Gasteiger partial charge < -0.3 is 4.90 Å². The highest BCUT2D eigenvalue weighted by molar-refractivity contribution is 5.64. The molecule has 2 nitrogen and oxygen atoms in total. The second-order valence-electron chi connectivity index (χ2n) is 7.01. The smallest absolute Gasteiger partial charge is 0.0991 e. The molecular formula is C22H26N2. The van der Waals surface area contributed by atoms with Crippen LogP contribution in [0.2, 0.25) is 0 Å². The lowest BCUT2D eigenvalue weighted by molar-refractivity contribution is 0.191. The molecule has 0 radical (unpaired) electrons. The van der Waals surface area contributed by atoms with E-state index in [4.69, 9.17) is 5.26 Å². The standard InChI is InChI=1S/C22H26N2/c1-18-12-15-24(16-13-18)14-2-3-19-4-8-21(9-5-19)22-10-6-20(17-23)7-11-22/h4-11,18H,2-3,12-16H2,1H3. The van der Waals surface area contributed by atoms with Crippen molar-refractivity contribution in [1.29, 1.82) is 5.26 Å². The summed E-state index contributed by atoms with van der Waals surface area (Å²) in [6.45, 7) is 6.15. The maximum Gasteiger partial charge on any atom is 0.0991 e. The summed E-state index contributed by atoms with van der Waals surface area (Å²) in [6.07, 6.45) is 5.11. The molecule has 1 heterocycles. The topological polar surface area (TPSA) is 27.0 Å². The third-order valence-corrected chi connectivity index (χ3v) is 5.12. The van der Waals surface area contributed by atoms with Crippen LogP contribution in [0.25, 0.3) is 11.1 Å². The van der Waals surface area contributed by atoms with E-state index in [1.54, 1.807) is 0 Å². The van der Waals surface area contributed by atoms with Gasteiger partial charge in [-0.3, -0.25) is 0 Å². The summed E-state index contributed by atoms with van der Waals surface area (Å²) in [5, 5.41) is 8.87. The quantitative estimate of drug-likeness (QED) is 0.785. The Morgan fingerprint density at radius 1 is 0.958 bits per heavy atom. The number of nitriles is 1. The van der Waals surface area contributed by atoms with Crippen LogP contribution in [0.5, 0.6) is 0 Å². The second kappa shape index (κ2) is 8.13. The summed E-state index contributed by atoms with van der Waals surface area (Å²) in [6, 6.07) is 18.8. The average molecular weight is 318 g/mol. The Morgan fingerprint density at radius 2 is 1.54 bits per heavy atom. The summed E-state index contributed by atoms with van der Waals surface area (Å²) in [4.78, 5) is 2.62. The largest absolute Gasteiger partial charge is 0.303 e. The number of rotatable bonds is 5. The Hall–Kier alpha value is -2.11. The van der Waals surface area contributed by atoms with Crippen molar-refractivity contribution in [3.05, 3.63) is 59.7 Å². The van der Waals surface area contributed by atoms with Crippen molar-refractivity contribution in [2.75, 3.05) is 19.6 Å². The first-order chi connectivity index (χ1) is 11.7. The highest BCUT2D eigenvalue weighted by Crippen LogP contribution is 2.21. The minimum atomic E-state index is 0.711. The van der Waals surface area contributed by atoms with E-state index >= 15 is 0 Å². The lowest BCUT2D eigenvalue weighted by atomic mass is 9.98. The lowest BCUT2D eigenvalue weighted by Gasteiger charge is -2.30. The zero-order valence-electron chi connectivity index (χ0n) is 14.5. The van der Waals surface area contributed by atoms with Gasteiger partial charge in [0.1, 0.15) is 0 Å². The minimum absolute atomic E-state index is 0.711. The molecule has 0 N–H and O–H groups in total. The molecule has 0 aromatic heterocycles. The van der Waals surface area contributed by atoms with Crippen molar-refractivity contribution >= 4 is 0 Å². The Morgan fingerprint density at radius 3 is 2.12 bits per heavy atom. The van der Waals surface area contributed by atoms with Crippen molar-refractivity contribution in [3.8, 4) is 17.2 Å². The molecular weight excluding hydrogens is 292 g/mol. The van der Waals surface area contributed by atoms with Crippen LogP contribution >= 0.6 is 0 Å². The molecule has 2 heteroatoms. The minimum Gasteiger partial charge on any atom is -0.303 e. The van der Waals surface area contributed by atoms with E-state index < -0.39 is 0 Å². The van der Waals surface area contributed by atoms with Gasteiger partial charge >= 0.3 is 0 Å². The van der Waals surface area contributed by atoms with Crippen molar-refractivity contribution in [2.45, 2.75) is 32.6 Å². The van der Waals surface area contributed by atoms with Crippen LogP contribution in [0.1, 0.15) is 37.3 Å². The van der Waals surface area contributed by atoms with Crippen LogP contribution in [-0.2, 0) is 6.42 Å². The zero-order chi connectivity index (χ0) is 16.8. The Labute approximate surface area is 145 Å². The summed E-state index contributed by atoms with van der Waals surface area (Å²) in [7, 11) is 0. The Balaban J connectivity index is 1.50. The molecule has 1 aliphatic heterocycles. The van der Waals surface area contributed by atoms with Crippen LogP contribution in [0.15, 0.2) is 48.5 Å². The number of hydrogen-bond acceptors (Lipinski definition) is 2.